The van der Waals surface area contributed by atoms with Crippen LogP contribution in [0.2, 0.25) is 0 Å². The predicted molar refractivity (Wildman–Crippen MR) is 81.1 cm³/mol. The van der Waals surface area contributed by atoms with E-state index in [1.165, 1.54) is 11.3 Å². The fraction of sp³-hybridized carbons (Fsp3) is 0.786. The number of piperidine rings is 1. The summed E-state index contributed by atoms with van der Waals surface area (Å²) in [4.78, 5) is 8.46. The van der Waals surface area contributed by atoms with Gasteiger partial charge in [-0.05, 0) is 33.2 Å². The standard InChI is InChI=1S/C14H25N3OS/c1-5-15-9-12-11(2)16-13(19-12)17-8-6-7-14(3,10-17)18-4/h15H,5-10H2,1-4H3. The molecular formula is C14H25N3OS. The lowest BCUT2D eigenvalue weighted by Gasteiger charge is -2.39. The third kappa shape index (κ3) is 3.46. The van der Waals surface area contributed by atoms with Gasteiger partial charge >= 0.3 is 0 Å². The summed E-state index contributed by atoms with van der Waals surface area (Å²) in [7, 11) is 1.81. The zero-order valence-corrected chi connectivity index (χ0v) is 13.3. The predicted octanol–water partition coefficient (Wildman–Crippen LogP) is 2.57. The summed E-state index contributed by atoms with van der Waals surface area (Å²) in [5.41, 5.74) is 1.13. The first-order valence-electron chi connectivity index (χ1n) is 7.05. The molecule has 4 nitrogen and oxygen atoms in total. The smallest absolute Gasteiger partial charge is 0.185 e. The van der Waals surface area contributed by atoms with Gasteiger partial charge in [0.2, 0.25) is 0 Å². The molecule has 2 rings (SSSR count). The minimum Gasteiger partial charge on any atom is -0.377 e. The Balaban J connectivity index is 2.09. The molecule has 1 fully saturated rings. The van der Waals surface area contributed by atoms with E-state index in [4.69, 9.17) is 9.72 Å². The van der Waals surface area contributed by atoms with Crippen LogP contribution in [-0.2, 0) is 11.3 Å². The maximum absolute atomic E-state index is 5.66. The van der Waals surface area contributed by atoms with E-state index in [9.17, 15) is 0 Å². The van der Waals surface area contributed by atoms with E-state index in [1.54, 1.807) is 0 Å². The molecule has 0 aliphatic carbocycles. The molecule has 0 spiro atoms. The van der Waals surface area contributed by atoms with Crippen LogP contribution in [0.15, 0.2) is 0 Å². The highest BCUT2D eigenvalue weighted by Crippen LogP contribution is 2.32. The molecule has 5 heteroatoms. The topological polar surface area (TPSA) is 37.4 Å². The minimum absolute atomic E-state index is 0.0281. The van der Waals surface area contributed by atoms with Crippen molar-refractivity contribution < 1.29 is 4.74 Å². The second-order valence-electron chi connectivity index (χ2n) is 5.46. The molecule has 108 valence electrons. The summed E-state index contributed by atoms with van der Waals surface area (Å²) in [5, 5.41) is 4.52. The van der Waals surface area contributed by atoms with E-state index in [1.807, 2.05) is 18.4 Å². The summed E-state index contributed by atoms with van der Waals surface area (Å²) in [6.07, 6.45) is 2.31. The Morgan fingerprint density at radius 2 is 2.32 bits per heavy atom. The van der Waals surface area contributed by atoms with E-state index in [0.717, 1.165) is 43.4 Å². The van der Waals surface area contributed by atoms with E-state index < -0.39 is 0 Å². The molecule has 0 amide bonds. The second-order valence-corrected chi connectivity index (χ2v) is 6.53. The van der Waals surface area contributed by atoms with Gasteiger partial charge in [-0.2, -0.15) is 0 Å². The number of anilines is 1. The average molecular weight is 283 g/mol. The number of aryl methyl sites for hydroxylation is 1. The molecule has 1 aliphatic rings. The molecule has 0 bridgehead atoms. The van der Waals surface area contributed by atoms with Crippen LogP contribution in [0.3, 0.4) is 0 Å². The lowest BCUT2D eigenvalue weighted by molar-refractivity contribution is -0.00466. The van der Waals surface area contributed by atoms with Crippen molar-refractivity contribution in [3.63, 3.8) is 0 Å². The van der Waals surface area contributed by atoms with Gasteiger partial charge in [-0.1, -0.05) is 6.92 Å². The summed E-state index contributed by atoms with van der Waals surface area (Å²) in [6.45, 7) is 10.4. The quantitative estimate of drug-likeness (QED) is 0.901. The van der Waals surface area contributed by atoms with Crippen molar-refractivity contribution in [2.45, 2.75) is 45.8 Å². The van der Waals surface area contributed by atoms with Gasteiger partial charge in [0.25, 0.3) is 0 Å². The van der Waals surface area contributed by atoms with E-state index in [2.05, 4.69) is 31.0 Å². The van der Waals surface area contributed by atoms with Gasteiger partial charge in [0.15, 0.2) is 5.13 Å². The third-order valence-corrected chi connectivity index (χ3v) is 5.06. The van der Waals surface area contributed by atoms with Crippen LogP contribution in [0.5, 0.6) is 0 Å². The van der Waals surface area contributed by atoms with Gasteiger partial charge in [-0.3, -0.25) is 0 Å². The highest BCUT2D eigenvalue weighted by Gasteiger charge is 2.32. The highest BCUT2D eigenvalue weighted by atomic mass is 32.1. The maximum atomic E-state index is 5.66. The van der Waals surface area contributed by atoms with Crippen molar-refractivity contribution in [3.8, 4) is 0 Å². The summed E-state index contributed by atoms with van der Waals surface area (Å²) < 4.78 is 5.66. The van der Waals surface area contributed by atoms with Gasteiger partial charge in [0, 0.05) is 31.6 Å². The molecule has 0 radical (unpaired) electrons. The Bertz CT molecular complexity index is 421. The fourth-order valence-corrected chi connectivity index (χ4v) is 3.54. The van der Waals surface area contributed by atoms with Crippen LogP contribution in [0, 0.1) is 6.92 Å². The van der Waals surface area contributed by atoms with Crippen LogP contribution in [0.4, 0.5) is 5.13 Å². The van der Waals surface area contributed by atoms with Gasteiger partial charge in [0.05, 0.1) is 11.3 Å². The number of nitrogens with zero attached hydrogens (tertiary/aromatic N) is 2. The van der Waals surface area contributed by atoms with Crippen LogP contribution < -0.4 is 10.2 Å². The first kappa shape index (κ1) is 14.8. The molecule has 1 atom stereocenters. The molecule has 2 heterocycles. The Morgan fingerprint density at radius 3 is 3.00 bits per heavy atom. The number of aromatic nitrogens is 1. The van der Waals surface area contributed by atoms with Gasteiger partial charge in [0.1, 0.15) is 0 Å². The first-order valence-corrected chi connectivity index (χ1v) is 7.87. The Hall–Kier alpha value is -0.650. The van der Waals surface area contributed by atoms with Crippen LogP contribution in [0.1, 0.15) is 37.3 Å². The second kappa shape index (κ2) is 6.20. The van der Waals surface area contributed by atoms with E-state index >= 15 is 0 Å². The summed E-state index contributed by atoms with van der Waals surface area (Å²) in [6, 6.07) is 0. The van der Waals surface area contributed by atoms with E-state index in [0.29, 0.717) is 0 Å². The van der Waals surface area contributed by atoms with Crippen molar-refractivity contribution in [2.24, 2.45) is 0 Å². The molecule has 0 aromatic carbocycles. The molecule has 1 saturated heterocycles. The first-order chi connectivity index (χ1) is 9.08. The van der Waals surface area contributed by atoms with Crippen LogP contribution in [-0.4, -0.2) is 37.3 Å². The number of hydrogen-bond acceptors (Lipinski definition) is 5. The maximum Gasteiger partial charge on any atom is 0.185 e. The van der Waals surface area contributed by atoms with Crippen LogP contribution >= 0.6 is 11.3 Å². The SMILES string of the molecule is CCNCc1sc(N2CCCC(C)(OC)C2)nc1C. The van der Waals surface area contributed by atoms with E-state index in [-0.39, 0.29) is 5.60 Å². The number of methoxy groups -OCH3 is 1. The number of nitrogens with one attached hydrogen (secondary N) is 1. The average Bonchev–Trinajstić information content (AvgIpc) is 2.78. The third-order valence-electron chi connectivity index (χ3n) is 3.84. The minimum atomic E-state index is -0.0281. The molecule has 1 aromatic heterocycles. The number of thiazole rings is 1. The van der Waals surface area contributed by atoms with Gasteiger partial charge < -0.3 is 15.0 Å². The molecule has 1 N–H and O–H groups in total. The lowest BCUT2D eigenvalue weighted by Crippen LogP contribution is -2.47. The highest BCUT2D eigenvalue weighted by molar-refractivity contribution is 7.15. The van der Waals surface area contributed by atoms with Crippen molar-refractivity contribution in [1.29, 1.82) is 0 Å². The van der Waals surface area contributed by atoms with Gasteiger partial charge in [-0.25, -0.2) is 4.98 Å². The Kier molecular flexibility index (Phi) is 4.81. The molecule has 1 aliphatic heterocycles. The summed E-state index contributed by atoms with van der Waals surface area (Å²) >= 11 is 1.81. The largest absolute Gasteiger partial charge is 0.377 e. The summed E-state index contributed by atoms with van der Waals surface area (Å²) in [5.74, 6) is 0. The normalized spacial score (nSPS) is 23.9. The Labute approximate surface area is 120 Å². The molecular weight excluding hydrogens is 258 g/mol. The zero-order chi connectivity index (χ0) is 13.9. The van der Waals surface area contributed by atoms with Crippen LogP contribution in [0.25, 0.3) is 0 Å². The Morgan fingerprint density at radius 1 is 1.53 bits per heavy atom. The number of ether oxygens (including phenoxy) is 1. The lowest BCUT2D eigenvalue weighted by atomic mass is 9.95. The van der Waals surface area contributed by atoms with Crippen molar-refractivity contribution in [2.75, 3.05) is 31.6 Å². The molecule has 1 unspecified atom stereocenters. The number of rotatable bonds is 5. The monoisotopic (exact) mass is 283 g/mol. The van der Waals surface area contributed by atoms with Crippen molar-refractivity contribution >= 4 is 16.5 Å². The molecule has 19 heavy (non-hydrogen) atoms. The zero-order valence-electron chi connectivity index (χ0n) is 12.5. The van der Waals surface area contributed by atoms with Crippen molar-refractivity contribution in [3.05, 3.63) is 10.6 Å². The van der Waals surface area contributed by atoms with Crippen molar-refractivity contribution in [1.82, 2.24) is 10.3 Å². The molecule has 1 aromatic rings. The van der Waals surface area contributed by atoms with Gasteiger partial charge in [-0.15, -0.1) is 11.3 Å². The number of hydrogen-bond donors (Lipinski definition) is 1. The molecule has 0 saturated carbocycles. The fourth-order valence-electron chi connectivity index (χ4n) is 2.49.